The van der Waals surface area contributed by atoms with Gasteiger partial charge in [0.2, 0.25) is 0 Å². The van der Waals surface area contributed by atoms with Crippen LogP contribution in [0, 0.1) is 0 Å². The van der Waals surface area contributed by atoms with Crippen molar-refractivity contribution in [3.05, 3.63) is 18.0 Å². The fourth-order valence-electron chi connectivity index (χ4n) is 2.09. The first-order chi connectivity index (χ1) is 7.65. The number of nitrogens with zero attached hydrogens (tertiary/aromatic N) is 3. The maximum Gasteiger partial charge on any atom is 0.142 e. The highest BCUT2D eigenvalue weighted by atomic mass is 15.2. The molecule has 1 aliphatic rings. The normalized spacial score (nSPS) is 15.0. The number of nitrogen functional groups attached to an aromatic ring is 1. The van der Waals surface area contributed by atoms with Gasteiger partial charge in [-0.25, -0.2) is 9.97 Å². The van der Waals surface area contributed by atoms with Crippen molar-refractivity contribution in [1.82, 2.24) is 9.97 Å². The number of aromatic nitrogens is 2. The first-order valence-corrected chi connectivity index (χ1v) is 5.71. The Balaban J connectivity index is 2.56. The van der Waals surface area contributed by atoms with E-state index >= 15 is 0 Å². The molecule has 0 aromatic carbocycles. The standard InChI is InChI=1S/C12H18N4/c1-4-9-5-6-16(8(2)3)12-10(9)11(13)14-7-15-12/h5,7-8H,4,6H2,1-3H3,(H2,13,14,15). The highest BCUT2D eigenvalue weighted by molar-refractivity contribution is 5.83. The van der Waals surface area contributed by atoms with Crippen LogP contribution in [0.1, 0.15) is 32.8 Å². The summed E-state index contributed by atoms with van der Waals surface area (Å²) in [5.74, 6) is 1.56. The van der Waals surface area contributed by atoms with Crippen molar-refractivity contribution in [3.63, 3.8) is 0 Å². The Morgan fingerprint density at radius 2 is 2.19 bits per heavy atom. The molecule has 4 nitrogen and oxygen atoms in total. The van der Waals surface area contributed by atoms with Crippen LogP contribution in [0.5, 0.6) is 0 Å². The number of fused-ring (bicyclic) bond motifs is 1. The van der Waals surface area contributed by atoms with Gasteiger partial charge < -0.3 is 10.6 Å². The van der Waals surface area contributed by atoms with Gasteiger partial charge in [0, 0.05) is 12.6 Å². The van der Waals surface area contributed by atoms with Gasteiger partial charge >= 0.3 is 0 Å². The lowest BCUT2D eigenvalue weighted by molar-refractivity contribution is 0.704. The number of allylic oxidation sites excluding steroid dienone is 1. The third kappa shape index (κ3) is 1.64. The van der Waals surface area contributed by atoms with Crippen molar-refractivity contribution in [2.24, 2.45) is 0 Å². The summed E-state index contributed by atoms with van der Waals surface area (Å²) in [6.07, 6.45) is 4.74. The molecule has 2 heterocycles. The maximum atomic E-state index is 5.95. The molecule has 86 valence electrons. The molecule has 16 heavy (non-hydrogen) atoms. The molecule has 0 amide bonds. The van der Waals surface area contributed by atoms with Crippen LogP contribution in [-0.4, -0.2) is 22.6 Å². The number of hydrogen-bond donors (Lipinski definition) is 1. The predicted molar refractivity (Wildman–Crippen MR) is 67.2 cm³/mol. The van der Waals surface area contributed by atoms with Gasteiger partial charge in [-0.15, -0.1) is 0 Å². The highest BCUT2D eigenvalue weighted by Crippen LogP contribution is 2.35. The van der Waals surface area contributed by atoms with E-state index in [0.717, 1.165) is 24.3 Å². The van der Waals surface area contributed by atoms with Crippen molar-refractivity contribution >= 4 is 17.2 Å². The quantitative estimate of drug-likeness (QED) is 0.825. The van der Waals surface area contributed by atoms with Gasteiger partial charge in [-0.3, -0.25) is 0 Å². The first-order valence-electron chi connectivity index (χ1n) is 5.71. The van der Waals surface area contributed by atoms with Crippen molar-refractivity contribution in [3.8, 4) is 0 Å². The number of hydrogen-bond acceptors (Lipinski definition) is 4. The third-order valence-electron chi connectivity index (χ3n) is 2.99. The van der Waals surface area contributed by atoms with Gasteiger partial charge in [-0.2, -0.15) is 0 Å². The fraction of sp³-hybridized carbons (Fsp3) is 0.500. The van der Waals surface area contributed by atoms with Crippen LogP contribution in [0.4, 0.5) is 11.6 Å². The Morgan fingerprint density at radius 3 is 2.81 bits per heavy atom. The summed E-state index contributed by atoms with van der Waals surface area (Å²) >= 11 is 0. The van der Waals surface area contributed by atoms with E-state index < -0.39 is 0 Å². The summed E-state index contributed by atoms with van der Waals surface area (Å²) in [5, 5.41) is 0. The summed E-state index contributed by atoms with van der Waals surface area (Å²) in [6.45, 7) is 7.36. The van der Waals surface area contributed by atoms with Crippen molar-refractivity contribution < 1.29 is 0 Å². The molecule has 2 rings (SSSR count). The molecule has 0 aliphatic carbocycles. The van der Waals surface area contributed by atoms with E-state index in [2.05, 4.69) is 41.7 Å². The van der Waals surface area contributed by atoms with Gasteiger partial charge in [0.05, 0.1) is 5.56 Å². The second-order valence-electron chi connectivity index (χ2n) is 4.29. The topological polar surface area (TPSA) is 55.0 Å². The Kier molecular flexibility index (Phi) is 2.81. The number of nitrogens with two attached hydrogens (primary N) is 1. The van der Waals surface area contributed by atoms with Gasteiger partial charge in [0.25, 0.3) is 0 Å². The minimum atomic E-state index is 0.419. The molecule has 1 aliphatic heterocycles. The third-order valence-corrected chi connectivity index (χ3v) is 2.99. The summed E-state index contributed by atoms with van der Waals surface area (Å²) in [7, 11) is 0. The molecule has 0 bridgehead atoms. The van der Waals surface area contributed by atoms with E-state index in [4.69, 9.17) is 5.73 Å². The molecule has 1 aromatic rings. The zero-order valence-corrected chi connectivity index (χ0v) is 10.1. The van der Waals surface area contributed by atoms with Crippen LogP contribution in [0.15, 0.2) is 12.4 Å². The van der Waals surface area contributed by atoms with Crippen LogP contribution in [0.25, 0.3) is 5.57 Å². The van der Waals surface area contributed by atoms with Crippen LogP contribution < -0.4 is 10.6 Å². The molecule has 0 unspecified atom stereocenters. The Morgan fingerprint density at radius 1 is 1.44 bits per heavy atom. The second kappa shape index (κ2) is 4.12. The molecule has 1 aromatic heterocycles. The van der Waals surface area contributed by atoms with Crippen LogP contribution >= 0.6 is 0 Å². The van der Waals surface area contributed by atoms with Crippen LogP contribution in [-0.2, 0) is 0 Å². The average Bonchev–Trinajstić information content (AvgIpc) is 2.27. The summed E-state index contributed by atoms with van der Waals surface area (Å²) in [4.78, 5) is 10.7. The average molecular weight is 218 g/mol. The van der Waals surface area contributed by atoms with Crippen LogP contribution in [0.2, 0.25) is 0 Å². The zero-order valence-electron chi connectivity index (χ0n) is 10.1. The lowest BCUT2D eigenvalue weighted by Gasteiger charge is -2.32. The fourth-order valence-corrected chi connectivity index (χ4v) is 2.09. The Hall–Kier alpha value is -1.58. The van der Waals surface area contributed by atoms with Crippen molar-refractivity contribution in [2.45, 2.75) is 33.2 Å². The molecular formula is C12H18N4. The summed E-state index contributed by atoms with van der Waals surface area (Å²) in [6, 6.07) is 0.419. The SMILES string of the molecule is CCC1=CCN(C(C)C)c2ncnc(N)c21. The zero-order chi connectivity index (χ0) is 11.7. The van der Waals surface area contributed by atoms with E-state index in [1.54, 1.807) is 6.33 Å². The monoisotopic (exact) mass is 218 g/mol. The van der Waals surface area contributed by atoms with E-state index in [9.17, 15) is 0 Å². The van der Waals surface area contributed by atoms with Gasteiger partial charge in [0.15, 0.2) is 0 Å². The molecule has 2 N–H and O–H groups in total. The van der Waals surface area contributed by atoms with Crippen molar-refractivity contribution in [2.75, 3.05) is 17.2 Å². The molecule has 4 heteroatoms. The highest BCUT2D eigenvalue weighted by Gasteiger charge is 2.23. The van der Waals surface area contributed by atoms with Gasteiger partial charge in [-0.05, 0) is 25.8 Å². The Bertz CT molecular complexity index is 423. The first kappa shape index (κ1) is 10.9. The summed E-state index contributed by atoms with van der Waals surface area (Å²) < 4.78 is 0. The minimum Gasteiger partial charge on any atom is -0.383 e. The molecule has 0 saturated carbocycles. The Labute approximate surface area is 96.2 Å². The second-order valence-corrected chi connectivity index (χ2v) is 4.29. The van der Waals surface area contributed by atoms with E-state index in [1.807, 2.05) is 0 Å². The maximum absolute atomic E-state index is 5.95. The number of rotatable bonds is 2. The number of anilines is 2. The predicted octanol–water partition coefficient (Wildman–Crippen LogP) is 2.08. The minimum absolute atomic E-state index is 0.419. The molecule has 0 radical (unpaired) electrons. The van der Waals surface area contributed by atoms with Gasteiger partial charge in [-0.1, -0.05) is 13.0 Å². The van der Waals surface area contributed by atoms with E-state index in [0.29, 0.717) is 11.9 Å². The van der Waals surface area contributed by atoms with Crippen molar-refractivity contribution in [1.29, 1.82) is 0 Å². The molecule has 0 saturated heterocycles. The molecule has 0 atom stereocenters. The molecular weight excluding hydrogens is 200 g/mol. The largest absolute Gasteiger partial charge is 0.383 e. The molecule has 0 spiro atoms. The van der Waals surface area contributed by atoms with Crippen LogP contribution in [0.3, 0.4) is 0 Å². The smallest absolute Gasteiger partial charge is 0.142 e. The van der Waals surface area contributed by atoms with Gasteiger partial charge in [0.1, 0.15) is 18.0 Å². The summed E-state index contributed by atoms with van der Waals surface area (Å²) in [5.41, 5.74) is 8.22. The lowest BCUT2D eigenvalue weighted by atomic mass is 10.00. The van der Waals surface area contributed by atoms with E-state index in [1.165, 1.54) is 5.57 Å². The molecule has 0 fully saturated rings. The lowest BCUT2D eigenvalue weighted by Crippen LogP contribution is -2.34. The van der Waals surface area contributed by atoms with E-state index in [-0.39, 0.29) is 0 Å².